The number of rotatable bonds is 6. The van der Waals surface area contributed by atoms with Gasteiger partial charge in [0, 0.05) is 12.0 Å². The molecule has 20 heavy (non-hydrogen) atoms. The number of carbonyl (C=O) groups is 1. The predicted molar refractivity (Wildman–Crippen MR) is 71.8 cm³/mol. The second-order valence-corrected chi connectivity index (χ2v) is 5.68. The van der Waals surface area contributed by atoms with E-state index in [0.29, 0.717) is 24.3 Å². The van der Waals surface area contributed by atoms with Gasteiger partial charge in [0.1, 0.15) is 0 Å². The molecular formula is C13H21N5O2. The monoisotopic (exact) mass is 279 g/mol. The Hall–Kier alpha value is -1.47. The van der Waals surface area contributed by atoms with Crippen LogP contribution in [0.1, 0.15) is 43.3 Å². The first-order valence-corrected chi connectivity index (χ1v) is 7.28. The van der Waals surface area contributed by atoms with Gasteiger partial charge in [-0.25, -0.2) is 0 Å². The number of nitrogens with zero attached hydrogens (tertiary/aromatic N) is 3. The Kier molecular flexibility index (Phi) is 3.98. The summed E-state index contributed by atoms with van der Waals surface area (Å²) < 4.78 is 5.27. The van der Waals surface area contributed by atoms with E-state index in [9.17, 15) is 4.79 Å². The average molecular weight is 279 g/mol. The van der Waals surface area contributed by atoms with Crippen molar-refractivity contribution in [2.24, 2.45) is 5.73 Å². The first kappa shape index (κ1) is 13.5. The molecule has 2 aliphatic rings. The summed E-state index contributed by atoms with van der Waals surface area (Å²) >= 11 is 0. The van der Waals surface area contributed by atoms with Gasteiger partial charge in [-0.3, -0.25) is 9.69 Å². The zero-order valence-electron chi connectivity index (χ0n) is 11.5. The SMILES string of the molecule is NC(=O)CN(Cc1noc(C2CC2)n1)C1CCNCC1. The van der Waals surface area contributed by atoms with Gasteiger partial charge in [-0.05, 0) is 38.8 Å². The number of piperidine rings is 1. The third kappa shape index (κ3) is 3.34. The minimum Gasteiger partial charge on any atom is -0.369 e. The molecule has 0 aromatic carbocycles. The van der Waals surface area contributed by atoms with Gasteiger partial charge >= 0.3 is 0 Å². The number of nitrogens with one attached hydrogen (secondary N) is 1. The van der Waals surface area contributed by atoms with Crippen molar-refractivity contribution >= 4 is 5.91 Å². The maximum Gasteiger partial charge on any atom is 0.231 e. The maximum absolute atomic E-state index is 11.3. The number of amides is 1. The smallest absolute Gasteiger partial charge is 0.231 e. The standard InChI is InChI=1S/C13H21N5O2/c14-11(19)7-18(10-3-5-15-6-4-10)8-12-16-13(20-17-12)9-1-2-9/h9-10,15H,1-8H2,(H2,14,19). The van der Waals surface area contributed by atoms with Crippen LogP contribution in [0, 0.1) is 0 Å². The van der Waals surface area contributed by atoms with Gasteiger partial charge < -0.3 is 15.6 Å². The lowest BCUT2D eigenvalue weighted by Gasteiger charge is -2.32. The van der Waals surface area contributed by atoms with Gasteiger partial charge in [0.15, 0.2) is 5.82 Å². The first-order valence-electron chi connectivity index (χ1n) is 7.28. The average Bonchev–Trinajstić information content (AvgIpc) is 3.19. The molecule has 2 heterocycles. The van der Waals surface area contributed by atoms with E-state index in [-0.39, 0.29) is 12.5 Å². The van der Waals surface area contributed by atoms with E-state index in [0.717, 1.165) is 44.7 Å². The molecule has 0 spiro atoms. The van der Waals surface area contributed by atoms with E-state index in [1.54, 1.807) is 0 Å². The number of aromatic nitrogens is 2. The van der Waals surface area contributed by atoms with E-state index in [2.05, 4.69) is 20.4 Å². The van der Waals surface area contributed by atoms with Crippen molar-refractivity contribution < 1.29 is 9.32 Å². The maximum atomic E-state index is 11.3. The minimum absolute atomic E-state index is 0.248. The number of carbonyl (C=O) groups excluding carboxylic acids is 1. The fourth-order valence-electron chi connectivity index (χ4n) is 2.70. The fourth-order valence-corrected chi connectivity index (χ4v) is 2.70. The van der Waals surface area contributed by atoms with Crippen LogP contribution in [0.4, 0.5) is 0 Å². The van der Waals surface area contributed by atoms with Crippen molar-refractivity contribution in [2.45, 2.75) is 44.2 Å². The van der Waals surface area contributed by atoms with Gasteiger partial charge in [0.25, 0.3) is 0 Å². The highest BCUT2D eigenvalue weighted by molar-refractivity contribution is 5.75. The largest absolute Gasteiger partial charge is 0.369 e. The summed E-state index contributed by atoms with van der Waals surface area (Å²) in [5.74, 6) is 1.55. The van der Waals surface area contributed by atoms with E-state index >= 15 is 0 Å². The van der Waals surface area contributed by atoms with Crippen LogP contribution < -0.4 is 11.1 Å². The van der Waals surface area contributed by atoms with Crippen LogP contribution in [0.25, 0.3) is 0 Å². The Morgan fingerprint density at radius 1 is 1.35 bits per heavy atom. The molecule has 1 aliphatic heterocycles. The van der Waals surface area contributed by atoms with Crippen molar-refractivity contribution in [1.82, 2.24) is 20.4 Å². The Morgan fingerprint density at radius 3 is 2.75 bits per heavy atom. The Bertz CT molecular complexity index is 465. The lowest BCUT2D eigenvalue weighted by Crippen LogP contribution is -2.46. The Balaban J connectivity index is 1.65. The highest BCUT2D eigenvalue weighted by Crippen LogP contribution is 2.38. The summed E-state index contributed by atoms with van der Waals surface area (Å²) in [5, 5.41) is 7.35. The second-order valence-electron chi connectivity index (χ2n) is 5.68. The van der Waals surface area contributed by atoms with E-state index < -0.39 is 0 Å². The molecule has 2 fully saturated rings. The minimum atomic E-state index is -0.311. The molecule has 1 aliphatic carbocycles. The number of hydrogen-bond acceptors (Lipinski definition) is 6. The van der Waals surface area contributed by atoms with Gasteiger partial charge in [0.05, 0.1) is 13.1 Å². The zero-order chi connectivity index (χ0) is 13.9. The third-order valence-electron chi connectivity index (χ3n) is 3.94. The lowest BCUT2D eigenvalue weighted by molar-refractivity contribution is -0.120. The molecule has 0 bridgehead atoms. The molecule has 1 aromatic heterocycles. The van der Waals surface area contributed by atoms with Crippen LogP contribution in [-0.2, 0) is 11.3 Å². The molecule has 1 saturated carbocycles. The number of hydrogen-bond donors (Lipinski definition) is 2. The van der Waals surface area contributed by atoms with Crippen LogP contribution in [0.3, 0.4) is 0 Å². The molecule has 3 rings (SSSR count). The van der Waals surface area contributed by atoms with Gasteiger partial charge in [0.2, 0.25) is 11.8 Å². The molecule has 7 heteroatoms. The lowest BCUT2D eigenvalue weighted by atomic mass is 10.0. The van der Waals surface area contributed by atoms with Crippen LogP contribution >= 0.6 is 0 Å². The number of primary amides is 1. The topological polar surface area (TPSA) is 97.3 Å². The van der Waals surface area contributed by atoms with Crippen LogP contribution in [0.5, 0.6) is 0 Å². The molecule has 1 saturated heterocycles. The summed E-state index contributed by atoms with van der Waals surface area (Å²) in [6.07, 6.45) is 4.31. The summed E-state index contributed by atoms with van der Waals surface area (Å²) in [5.41, 5.74) is 5.36. The first-order chi connectivity index (χ1) is 9.72. The Labute approximate surface area is 117 Å². The molecule has 110 valence electrons. The van der Waals surface area contributed by atoms with Gasteiger partial charge in [-0.1, -0.05) is 5.16 Å². The highest BCUT2D eigenvalue weighted by Gasteiger charge is 2.30. The predicted octanol–water partition coefficient (Wildman–Crippen LogP) is -0.0137. The molecule has 1 aromatic rings. The molecule has 3 N–H and O–H groups in total. The molecule has 7 nitrogen and oxygen atoms in total. The van der Waals surface area contributed by atoms with Gasteiger partial charge in [-0.15, -0.1) is 0 Å². The fraction of sp³-hybridized carbons (Fsp3) is 0.769. The van der Waals surface area contributed by atoms with Crippen molar-refractivity contribution in [3.05, 3.63) is 11.7 Å². The van der Waals surface area contributed by atoms with Gasteiger partial charge in [-0.2, -0.15) is 4.98 Å². The number of nitrogens with two attached hydrogens (primary N) is 1. The van der Waals surface area contributed by atoms with Crippen molar-refractivity contribution in [3.8, 4) is 0 Å². The highest BCUT2D eigenvalue weighted by atomic mass is 16.5. The molecule has 1 amide bonds. The molecule has 0 atom stereocenters. The summed E-state index contributed by atoms with van der Waals surface area (Å²) in [6, 6.07) is 0.353. The van der Waals surface area contributed by atoms with Crippen LogP contribution in [0.15, 0.2) is 4.52 Å². The quantitative estimate of drug-likeness (QED) is 0.760. The van der Waals surface area contributed by atoms with Crippen LogP contribution in [0.2, 0.25) is 0 Å². The van der Waals surface area contributed by atoms with Crippen molar-refractivity contribution in [3.63, 3.8) is 0 Å². The van der Waals surface area contributed by atoms with Crippen LogP contribution in [-0.4, -0.2) is 46.6 Å². The molecular weight excluding hydrogens is 258 g/mol. The van der Waals surface area contributed by atoms with E-state index in [1.165, 1.54) is 0 Å². The third-order valence-corrected chi connectivity index (χ3v) is 3.94. The summed E-state index contributed by atoms with van der Waals surface area (Å²) in [7, 11) is 0. The summed E-state index contributed by atoms with van der Waals surface area (Å²) in [6.45, 7) is 2.72. The second kappa shape index (κ2) is 5.88. The van der Waals surface area contributed by atoms with E-state index in [1.807, 2.05) is 0 Å². The Morgan fingerprint density at radius 2 is 2.10 bits per heavy atom. The van der Waals surface area contributed by atoms with Crippen molar-refractivity contribution in [1.29, 1.82) is 0 Å². The van der Waals surface area contributed by atoms with Crippen molar-refractivity contribution in [2.75, 3.05) is 19.6 Å². The normalized spacial score (nSPS) is 20.4. The summed E-state index contributed by atoms with van der Waals surface area (Å²) in [4.78, 5) is 17.8. The van der Waals surface area contributed by atoms with E-state index in [4.69, 9.17) is 10.3 Å². The molecule has 0 unspecified atom stereocenters. The zero-order valence-corrected chi connectivity index (χ0v) is 11.5. The molecule has 0 radical (unpaired) electrons.